The fraction of sp³-hybridized carbons (Fsp3) is 0.400. The summed E-state index contributed by atoms with van der Waals surface area (Å²) >= 11 is 1.44. The van der Waals surface area contributed by atoms with Crippen molar-refractivity contribution in [3.8, 4) is 5.69 Å². The zero-order valence-electron chi connectivity index (χ0n) is 18.0. The van der Waals surface area contributed by atoms with E-state index in [1.54, 1.807) is 0 Å². The number of thioether (sulfide) groups is 1. The molecule has 0 atom stereocenters. The van der Waals surface area contributed by atoms with E-state index in [-0.39, 0.29) is 5.78 Å². The minimum atomic E-state index is 0.135. The van der Waals surface area contributed by atoms with Crippen LogP contribution in [0.2, 0.25) is 0 Å². The molecule has 156 valence electrons. The van der Waals surface area contributed by atoms with E-state index < -0.39 is 0 Å². The van der Waals surface area contributed by atoms with Crippen molar-refractivity contribution in [3.63, 3.8) is 0 Å². The Kier molecular flexibility index (Phi) is 6.38. The number of carbonyl (C=O) groups is 1. The van der Waals surface area contributed by atoms with E-state index in [0.29, 0.717) is 16.8 Å². The third kappa shape index (κ3) is 4.51. The molecule has 0 saturated heterocycles. The number of aryl methyl sites for hydroxylation is 3. The van der Waals surface area contributed by atoms with E-state index >= 15 is 0 Å². The summed E-state index contributed by atoms with van der Waals surface area (Å²) in [5.74, 6) is 1.97. The standard InChI is InChI=1S/C25H29N3OS/c1-17-14-19(3)22(15-18(17)2)23(29)16-30-25-26-24(20-10-6-4-7-11-20)28(27-25)21-12-8-5-9-13-21/h5,8-9,12-15,20H,4,6-7,10-11,16H2,1-3H3. The minimum absolute atomic E-state index is 0.135. The Morgan fingerprint density at radius 3 is 2.43 bits per heavy atom. The molecule has 0 N–H and O–H groups in total. The summed E-state index contributed by atoms with van der Waals surface area (Å²) in [7, 11) is 0. The third-order valence-corrected chi connectivity index (χ3v) is 6.89. The van der Waals surface area contributed by atoms with Gasteiger partial charge in [0.05, 0.1) is 11.4 Å². The number of hydrogen-bond donors (Lipinski definition) is 0. The van der Waals surface area contributed by atoms with Crippen molar-refractivity contribution in [2.45, 2.75) is 63.9 Å². The van der Waals surface area contributed by atoms with Gasteiger partial charge >= 0.3 is 0 Å². The predicted octanol–water partition coefficient (Wildman–Crippen LogP) is 6.22. The number of hydrogen-bond acceptors (Lipinski definition) is 4. The van der Waals surface area contributed by atoms with Crippen LogP contribution in [0.25, 0.3) is 5.69 Å². The van der Waals surface area contributed by atoms with E-state index in [1.165, 1.54) is 36.6 Å². The van der Waals surface area contributed by atoms with Gasteiger partial charge in [-0.2, -0.15) is 0 Å². The monoisotopic (exact) mass is 419 g/mol. The molecule has 1 aliphatic carbocycles. The van der Waals surface area contributed by atoms with Gasteiger partial charge in [0, 0.05) is 11.5 Å². The molecule has 4 nitrogen and oxygen atoms in total. The molecule has 5 heteroatoms. The number of aromatic nitrogens is 3. The molecule has 1 heterocycles. The second kappa shape index (κ2) is 9.17. The first-order valence-electron chi connectivity index (χ1n) is 10.8. The normalized spacial score (nSPS) is 14.8. The number of Topliss-reactive ketones (excluding diaryl/α,β-unsaturated/α-hetero) is 1. The molecule has 2 aromatic carbocycles. The van der Waals surface area contributed by atoms with Crippen LogP contribution in [0.1, 0.15) is 70.9 Å². The van der Waals surface area contributed by atoms with Crippen LogP contribution in [0.4, 0.5) is 0 Å². The smallest absolute Gasteiger partial charge is 0.209 e. The summed E-state index contributed by atoms with van der Waals surface area (Å²) in [5.41, 5.74) is 5.25. The van der Waals surface area contributed by atoms with Crippen molar-refractivity contribution in [3.05, 3.63) is 70.5 Å². The summed E-state index contributed by atoms with van der Waals surface area (Å²) in [6, 6.07) is 14.3. The number of rotatable bonds is 6. The van der Waals surface area contributed by atoms with Crippen LogP contribution in [0.3, 0.4) is 0 Å². The number of nitrogens with zero attached hydrogens (tertiary/aromatic N) is 3. The second-order valence-electron chi connectivity index (χ2n) is 8.30. The Labute approximate surface area is 183 Å². The van der Waals surface area contributed by atoms with E-state index in [4.69, 9.17) is 10.1 Å². The quantitative estimate of drug-likeness (QED) is 0.352. The van der Waals surface area contributed by atoms with Crippen LogP contribution in [0.5, 0.6) is 0 Å². The van der Waals surface area contributed by atoms with E-state index in [1.807, 2.05) is 35.9 Å². The maximum absolute atomic E-state index is 12.9. The molecule has 1 aromatic heterocycles. The molecule has 4 rings (SSSR count). The predicted molar refractivity (Wildman–Crippen MR) is 123 cm³/mol. The summed E-state index contributed by atoms with van der Waals surface area (Å²) in [6.45, 7) is 6.14. The third-order valence-electron chi connectivity index (χ3n) is 6.06. The van der Waals surface area contributed by atoms with Crippen LogP contribution in [-0.2, 0) is 0 Å². The lowest BCUT2D eigenvalue weighted by molar-refractivity contribution is 0.102. The van der Waals surface area contributed by atoms with Crippen LogP contribution in [-0.4, -0.2) is 26.3 Å². The van der Waals surface area contributed by atoms with Crippen LogP contribution >= 0.6 is 11.8 Å². The van der Waals surface area contributed by atoms with Gasteiger partial charge in [0.1, 0.15) is 5.82 Å². The second-order valence-corrected chi connectivity index (χ2v) is 9.24. The van der Waals surface area contributed by atoms with E-state index in [9.17, 15) is 4.79 Å². The summed E-state index contributed by atoms with van der Waals surface area (Å²) in [5, 5.41) is 5.48. The molecule has 1 saturated carbocycles. The number of para-hydroxylation sites is 1. The van der Waals surface area contributed by atoms with Crippen molar-refractivity contribution >= 4 is 17.5 Å². The Balaban J connectivity index is 1.56. The number of ketones is 1. The fourth-order valence-electron chi connectivity index (χ4n) is 4.22. The first kappa shape index (κ1) is 20.9. The van der Waals surface area contributed by atoms with Gasteiger partial charge in [-0.15, -0.1) is 5.10 Å². The first-order chi connectivity index (χ1) is 14.5. The average molecular weight is 420 g/mol. The van der Waals surface area contributed by atoms with Gasteiger partial charge in [-0.1, -0.05) is 55.3 Å². The van der Waals surface area contributed by atoms with Gasteiger partial charge in [0.2, 0.25) is 5.16 Å². The lowest BCUT2D eigenvalue weighted by Gasteiger charge is -2.21. The lowest BCUT2D eigenvalue weighted by Crippen LogP contribution is -2.12. The molecule has 0 spiro atoms. The minimum Gasteiger partial charge on any atom is -0.293 e. The van der Waals surface area contributed by atoms with E-state index in [0.717, 1.165) is 41.0 Å². The molecular formula is C25H29N3OS. The van der Waals surface area contributed by atoms with Gasteiger partial charge in [-0.05, 0) is 68.5 Å². The Hall–Kier alpha value is -2.40. The maximum atomic E-state index is 12.9. The summed E-state index contributed by atoms with van der Waals surface area (Å²) in [6.07, 6.45) is 6.13. The molecule has 0 aliphatic heterocycles. The zero-order chi connectivity index (χ0) is 21.1. The highest BCUT2D eigenvalue weighted by Crippen LogP contribution is 2.34. The number of benzene rings is 2. The van der Waals surface area contributed by atoms with Crippen molar-refractivity contribution < 1.29 is 4.79 Å². The molecule has 1 fully saturated rings. The highest BCUT2D eigenvalue weighted by atomic mass is 32.2. The van der Waals surface area contributed by atoms with Gasteiger partial charge in [-0.25, -0.2) is 9.67 Å². The maximum Gasteiger partial charge on any atom is 0.209 e. The molecule has 1 aliphatic rings. The zero-order valence-corrected chi connectivity index (χ0v) is 18.8. The Bertz CT molecular complexity index is 1040. The van der Waals surface area contributed by atoms with Crippen molar-refractivity contribution in [2.24, 2.45) is 0 Å². The molecule has 0 bridgehead atoms. The largest absolute Gasteiger partial charge is 0.293 e. The lowest BCUT2D eigenvalue weighted by atomic mass is 9.88. The molecule has 0 unspecified atom stereocenters. The number of carbonyl (C=O) groups excluding carboxylic acids is 1. The first-order valence-corrected chi connectivity index (χ1v) is 11.8. The average Bonchev–Trinajstić information content (AvgIpc) is 3.20. The highest BCUT2D eigenvalue weighted by molar-refractivity contribution is 7.99. The van der Waals surface area contributed by atoms with Gasteiger partial charge < -0.3 is 0 Å². The SMILES string of the molecule is Cc1cc(C)c(C(=O)CSc2nc(C3CCCCC3)n(-c3ccccc3)n2)cc1C. The molecular weight excluding hydrogens is 390 g/mol. The highest BCUT2D eigenvalue weighted by Gasteiger charge is 2.24. The molecule has 0 radical (unpaired) electrons. The van der Waals surface area contributed by atoms with Crippen molar-refractivity contribution in [1.82, 2.24) is 14.8 Å². The Morgan fingerprint density at radius 1 is 1.00 bits per heavy atom. The molecule has 0 amide bonds. The van der Waals surface area contributed by atoms with Crippen LogP contribution < -0.4 is 0 Å². The topological polar surface area (TPSA) is 47.8 Å². The van der Waals surface area contributed by atoms with Crippen LogP contribution in [0.15, 0.2) is 47.6 Å². The van der Waals surface area contributed by atoms with Crippen LogP contribution in [0, 0.1) is 20.8 Å². The summed E-state index contributed by atoms with van der Waals surface area (Å²) in [4.78, 5) is 17.8. The van der Waals surface area contributed by atoms with Crippen molar-refractivity contribution in [2.75, 3.05) is 5.75 Å². The molecule has 30 heavy (non-hydrogen) atoms. The van der Waals surface area contributed by atoms with E-state index in [2.05, 4.69) is 32.0 Å². The van der Waals surface area contributed by atoms with Crippen molar-refractivity contribution in [1.29, 1.82) is 0 Å². The Morgan fingerprint density at radius 2 is 1.70 bits per heavy atom. The van der Waals surface area contributed by atoms with Gasteiger partial charge in [0.25, 0.3) is 0 Å². The molecule has 3 aromatic rings. The van der Waals surface area contributed by atoms with Gasteiger partial charge in [-0.3, -0.25) is 4.79 Å². The fourth-order valence-corrected chi connectivity index (χ4v) is 4.93. The van der Waals surface area contributed by atoms with Gasteiger partial charge in [0.15, 0.2) is 5.78 Å². The summed E-state index contributed by atoms with van der Waals surface area (Å²) < 4.78 is 1.99.